The van der Waals surface area contributed by atoms with Crippen LogP contribution < -0.4 is 0 Å². The molecule has 0 radical (unpaired) electrons. The maximum absolute atomic E-state index is 13.1. The lowest BCUT2D eigenvalue weighted by Gasteiger charge is -2.25. The molecule has 1 aliphatic rings. The number of amides is 2. The molecule has 0 bridgehead atoms. The van der Waals surface area contributed by atoms with Gasteiger partial charge in [0, 0.05) is 0 Å². The summed E-state index contributed by atoms with van der Waals surface area (Å²) in [5.74, 6) is -0.536. The smallest absolute Gasteiger partial charge is 0.417 e. The average molecular weight is 466 g/mol. The first-order valence-corrected chi connectivity index (χ1v) is 10.5. The highest BCUT2D eigenvalue weighted by molar-refractivity contribution is 9.10. The number of benzene rings is 3. The van der Waals surface area contributed by atoms with Crippen molar-refractivity contribution in [1.29, 1.82) is 0 Å². The van der Waals surface area contributed by atoms with E-state index in [1.165, 1.54) is 0 Å². The highest BCUT2D eigenvalue weighted by Gasteiger charge is 2.42. The molecule has 0 unspecified atom stereocenters. The molecule has 0 aliphatic carbocycles. The third-order valence-electron chi connectivity index (χ3n) is 5.17. The average Bonchev–Trinajstić information content (AvgIpc) is 3.20. The third kappa shape index (κ3) is 4.01. The number of nitrogens with zero attached hydrogens (tertiary/aromatic N) is 1. The normalized spacial score (nSPS) is 18.0. The van der Waals surface area contributed by atoms with Crippen LogP contribution in [0.25, 0.3) is 11.1 Å². The number of alkyl halides is 1. The van der Waals surface area contributed by atoms with Gasteiger partial charge in [-0.2, -0.15) is 0 Å². The molecule has 3 atom stereocenters. The van der Waals surface area contributed by atoms with Crippen molar-refractivity contribution in [3.63, 3.8) is 0 Å². The zero-order valence-electron chi connectivity index (χ0n) is 16.0. The monoisotopic (exact) mass is 465 g/mol. The number of ether oxygens (including phenoxy) is 1. The molecule has 6 heteroatoms. The van der Waals surface area contributed by atoms with Gasteiger partial charge in [-0.05, 0) is 22.3 Å². The second-order valence-corrected chi connectivity index (χ2v) is 8.03. The second kappa shape index (κ2) is 8.81. The lowest BCUT2D eigenvalue weighted by Crippen LogP contribution is -2.41. The van der Waals surface area contributed by atoms with Gasteiger partial charge in [-0.15, -0.1) is 0 Å². The molecular weight excluding hydrogens is 446 g/mol. The molecule has 0 saturated carbocycles. The number of carbonyl (C=O) groups is 2. The highest BCUT2D eigenvalue weighted by Crippen LogP contribution is 2.33. The van der Waals surface area contributed by atoms with Crippen molar-refractivity contribution in [2.75, 3.05) is 6.61 Å². The van der Waals surface area contributed by atoms with Gasteiger partial charge in [0.2, 0.25) is 5.91 Å². The Morgan fingerprint density at radius 1 is 0.933 bits per heavy atom. The zero-order chi connectivity index (χ0) is 21.1. The number of imide groups is 1. The van der Waals surface area contributed by atoms with Crippen molar-refractivity contribution in [3.8, 4) is 11.1 Å². The van der Waals surface area contributed by atoms with E-state index in [0.29, 0.717) is 5.56 Å². The van der Waals surface area contributed by atoms with Crippen molar-refractivity contribution in [2.45, 2.75) is 17.0 Å². The molecule has 152 valence electrons. The number of aliphatic hydroxyl groups is 1. The summed E-state index contributed by atoms with van der Waals surface area (Å²) < 4.78 is 5.12. The molecule has 2 amide bonds. The molecule has 1 saturated heterocycles. The molecule has 0 spiro atoms. The van der Waals surface area contributed by atoms with E-state index in [2.05, 4.69) is 15.9 Å². The van der Waals surface area contributed by atoms with E-state index in [4.69, 9.17) is 4.74 Å². The molecule has 3 aromatic carbocycles. The number of hydrogen-bond acceptors (Lipinski definition) is 4. The van der Waals surface area contributed by atoms with E-state index in [9.17, 15) is 14.7 Å². The standard InChI is InChI=1S/C24H20BrNO4/c25-21(22(27)19-13-11-17(12-14-19)16-7-3-1-4-8-16)23(28)26-20(15-30-24(26)29)18-9-5-2-6-10-18/h1-14,20-22,27H,15H2/t20-,21+,22+/m1/s1. The minimum Gasteiger partial charge on any atom is -0.446 e. The van der Waals surface area contributed by atoms with E-state index in [1.807, 2.05) is 72.8 Å². The van der Waals surface area contributed by atoms with Gasteiger partial charge in [0.1, 0.15) is 23.6 Å². The Balaban J connectivity index is 1.52. The van der Waals surface area contributed by atoms with Crippen molar-refractivity contribution < 1.29 is 19.4 Å². The van der Waals surface area contributed by atoms with Crippen molar-refractivity contribution in [3.05, 3.63) is 96.1 Å². The predicted octanol–water partition coefficient (Wildman–Crippen LogP) is 4.87. The lowest BCUT2D eigenvalue weighted by molar-refractivity contribution is -0.130. The molecule has 1 N–H and O–H groups in total. The molecule has 1 aliphatic heterocycles. The molecule has 30 heavy (non-hydrogen) atoms. The second-order valence-electron chi connectivity index (χ2n) is 7.05. The van der Waals surface area contributed by atoms with Crippen LogP contribution in [0.2, 0.25) is 0 Å². The Morgan fingerprint density at radius 2 is 1.50 bits per heavy atom. The van der Waals surface area contributed by atoms with Gasteiger partial charge in [-0.1, -0.05) is 101 Å². The van der Waals surface area contributed by atoms with Crippen LogP contribution in [0.4, 0.5) is 4.79 Å². The first-order valence-electron chi connectivity index (χ1n) is 9.58. The van der Waals surface area contributed by atoms with Crippen molar-refractivity contribution >= 4 is 27.9 Å². The summed E-state index contributed by atoms with van der Waals surface area (Å²) in [4.78, 5) is 25.4. The predicted molar refractivity (Wildman–Crippen MR) is 117 cm³/mol. The van der Waals surface area contributed by atoms with E-state index < -0.39 is 29.0 Å². The molecule has 5 nitrogen and oxygen atoms in total. The summed E-state index contributed by atoms with van der Waals surface area (Å²) in [7, 11) is 0. The van der Waals surface area contributed by atoms with E-state index in [1.54, 1.807) is 12.1 Å². The quantitative estimate of drug-likeness (QED) is 0.545. The first-order chi connectivity index (χ1) is 14.6. The van der Waals surface area contributed by atoms with Crippen LogP contribution in [-0.2, 0) is 9.53 Å². The van der Waals surface area contributed by atoms with Crippen LogP contribution >= 0.6 is 15.9 Å². The molecule has 4 rings (SSSR count). The van der Waals surface area contributed by atoms with E-state index in [-0.39, 0.29) is 6.61 Å². The maximum Gasteiger partial charge on any atom is 0.417 e. The minimum absolute atomic E-state index is 0.0934. The SMILES string of the molecule is O=C1OC[C@H](c2ccccc2)N1C(=O)[C@@H](Br)[C@@H](O)c1ccc(-c2ccccc2)cc1. The van der Waals surface area contributed by atoms with E-state index >= 15 is 0 Å². The van der Waals surface area contributed by atoms with Crippen molar-refractivity contribution in [2.24, 2.45) is 0 Å². The van der Waals surface area contributed by atoms with Crippen LogP contribution in [0, 0.1) is 0 Å². The van der Waals surface area contributed by atoms with Gasteiger partial charge in [-0.25, -0.2) is 9.69 Å². The van der Waals surface area contributed by atoms with Gasteiger partial charge >= 0.3 is 6.09 Å². The Morgan fingerprint density at radius 3 is 2.13 bits per heavy atom. The number of halogens is 1. The summed E-state index contributed by atoms with van der Waals surface area (Å²) in [5, 5.41) is 10.8. The highest BCUT2D eigenvalue weighted by atomic mass is 79.9. The van der Waals surface area contributed by atoms with Crippen LogP contribution in [-0.4, -0.2) is 33.4 Å². The van der Waals surface area contributed by atoms with Gasteiger partial charge in [-0.3, -0.25) is 4.79 Å². The van der Waals surface area contributed by atoms with Crippen LogP contribution in [0.15, 0.2) is 84.9 Å². The number of aliphatic hydroxyl groups excluding tert-OH is 1. The topological polar surface area (TPSA) is 66.8 Å². The Labute approximate surface area is 183 Å². The fourth-order valence-corrected chi connectivity index (χ4v) is 4.05. The van der Waals surface area contributed by atoms with Crippen LogP contribution in [0.1, 0.15) is 23.3 Å². The zero-order valence-corrected chi connectivity index (χ0v) is 17.6. The summed E-state index contributed by atoms with van der Waals surface area (Å²) >= 11 is 3.30. The minimum atomic E-state index is -1.12. The first kappa shape index (κ1) is 20.3. The fraction of sp³-hybridized carbons (Fsp3) is 0.167. The van der Waals surface area contributed by atoms with E-state index in [0.717, 1.165) is 21.6 Å². The molecule has 0 aromatic heterocycles. The number of carbonyl (C=O) groups excluding carboxylic acids is 2. The summed E-state index contributed by atoms with van der Waals surface area (Å²) in [5.41, 5.74) is 3.46. The summed E-state index contributed by atoms with van der Waals surface area (Å²) in [6.45, 7) is 0.0934. The maximum atomic E-state index is 13.1. The molecular formula is C24H20BrNO4. The molecule has 1 heterocycles. The Hall–Kier alpha value is -2.96. The van der Waals surface area contributed by atoms with Gasteiger partial charge < -0.3 is 9.84 Å². The molecule has 1 fully saturated rings. The number of hydrogen-bond donors (Lipinski definition) is 1. The lowest BCUT2D eigenvalue weighted by atomic mass is 10.00. The number of cyclic esters (lactones) is 1. The Bertz CT molecular complexity index is 1020. The molecule has 3 aromatic rings. The van der Waals surface area contributed by atoms with Gasteiger partial charge in [0.15, 0.2) is 0 Å². The van der Waals surface area contributed by atoms with Crippen LogP contribution in [0.3, 0.4) is 0 Å². The summed E-state index contributed by atoms with van der Waals surface area (Å²) in [6.07, 6.45) is -1.82. The largest absolute Gasteiger partial charge is 0.446 e. The third-order valence-corrected chi connectivity index (χ3v) is 6.06. The number of rotatable bonds is 5. The van der Waals surface area contributed by atoms with Crippen molar-refractivity contribution in [1.82, 2.24) is 4.90 Å². The fourth-order valence-electron chi connectivity index (χ4n) is 3.53. The van der Waals surface area contributed by atoms with Gasteiger partial charge in [0.05, 0.1) is 0 Å². The Kier molecular flexibility index (Phi) is 5.97. The van der Waals surface area contributed by atoms with Crippen LogP contribution in [0.5, 0.6) is 0 Å². The summed E-state index contributed by atoms with van der Waals surface area (Å²) in [6, 6.07) is 26.0. The van der Waals surface area contributed by atoms with Gasteiger partial charge in [0.25, 0.3) is 0 Å².